The van der Waals surface area contributed by atoms with Crippen LogP contribution in [0.3, 0.4) is 0 Å². The number of alkyl halides is 6. The van der Waals surface area contributed by atoms with Crippen molar-refractivity contribution in [3.05, 3.63) is 75.4 Å². The molecule has 0 spiro atoms. The van der Waals surface area contributed by atoms with E-state index in [1.807, 2.05) is 19.9 Å². The van der Waals surface area contributed by atoms with Crippen LogP contribution in [0.25, 0.3) is 0 Å². The third kappa shape index (κ3) is 7.34. The third-order valence-electron chi connectivity index (χ3n) is 8.56. The van der Waals surface area contributed by atoms with Crippen molar-refractivity contribution in [2.75, 3.05) is 29.9 Å². The van der Waals surface area contributed by atoms with E-state index in [-0.39, 0.29) is 41.5 Å². The molecule has 3 aromatic rings. The van der Waals surface area contributed by atoms with E-state index in [0.29, 0.717) is 60.7 Å². The fraction of sp³-hybridized carbons (Fsp3) is 0.485. The molecule has 1 fully saturated rings. The van der Waals surface area contributed by atoms with Crippen LogP contribution in [0.15, 0.2) is 30.5 Å². The Balaban J connectivity index is 1.58. The number of fused-ring (bicyclic) bond motifs is 1. The van der Waals surface area contributed by atoms with Crippen molar-refractivity contribution < 1.29 is 40.7 Å². The van der Waals surface area contributed by atoms with E-state index in [2.05, 4.69) is 20.3 Å². The molecule has 2 aliphatic heterocycles. The number of amides is 2. The average molecular weight is 679 g/mol. The molecule has 5 rings (SSSR count). The third-order valence-corrected chi connectivity index (χ3v) is 8.56. The van der Waals surface area contributed by atoms with Gasteiger partial charge in [-0.2, -0.15) is 26.3 Å². The Morgan fingerprint density at radius 3 is 2.19 bits per heavy atom. The number of aryl methyl sites for hydroxylation is 2. The van der Waals surface area contributed by atoms with Crippen molar-refractivity contribution >= 4 is 23.6 Å². The van der Waals surface area contributed by atoms with Crippen LogP contribution in [0.5, 0.6) is 0 Å². The number of likely N-dealkylation sites (tertiary alicyclic amines) is 1. The zero-order chi connectivity index (χ0) is 35.0. The number of carbonyl (C=O) groups is 2. The number of hydrogen-bond acceptors (Lipinski definition) is 7. The van der Waals surface area contributed by atoms with Crippen molar-refractivity contribution in [3.8, 4) is 0 Å². The maximum Gasteiger partial charge on any atom is 0.416 e. The van der Waals surface area contributed by atoms with E-state index < -0.39 is 47.9 Å². The first-order chi connectivity index (χ1) is 22.6. The molecule has 48 heavy (non-hydrogen) atoms. The van der Waals surface area contributed by atoms with Gasteiger partial charge in [-0.15, -0.1) is 0 Å². The Morgan fingerprint density at radius 1 is 0.958 bits per heavy atom. The molecule has 4 heterocycles. The molecule has 1 aromatic carbocycles. The summed E-state index contributed by atoms with van der Waals surface area (Å²) < 4.78 is 87.4. The van der Waals surface area contributed by atoms with Crippen LogP contribution in [0.2, 0.25) is 0 Å². The maximum absolute atomic E-state index is 13.7. The summed E-state index contributed by atoms with van der Waals surface area (Å²) in [6.45, 7) is 8.32. The molecule has 2 amide bonds. The maximum atomic E-state index is 13.7. The molecule has 0 radical (unpaired) electrons. The summed E-state index contributed by atoms with van der Waals surface area (Å²) >= 11 is 0. The Morgan fingerprint density at radius 2 is 1.60 bits per heavy atom. The molecule has 9 nitrogen and oxygen atoms in total. The molecule has 2 aliphatic rings. The Hall–Kier alpha value is -4.43. The number of benzene rings is 1. The van der Waals surface area contributed by atoms with Crippen molar-refractivity contribution in [1.82, 2.24) is 19.9 Å². The van der Waals surface area contributed by atoms with Gasteiger partial charge in [0.15, 0.2) is 0 Å². The molecule has 2 atom stereocenters. The Bertz CT molecular complexity index is 1660. The van der Waals surface area contributed by atoms with Gasteiger partial charge in [0.05, 0.1) is 46.4 Å². The number of carbonyl (C=O) groups excluding carboxylic acids is 2. The van der Waals surface area contributed by atoms with Crippen LogP contribution in [0.4, 0.5) is 42.8 Å². The van der Waals surface area contributed by atoms with Crippen LogP contribution in [0.1, 0.15) is 95.3 Å². The highest BCUT2D eigenvalue weighted by atomic mass is 19.4. The van der Waals surface area contributed by atoms with Crippen LogP contribution in [-0.2, 0) is 23.5 Å². The highest BCUT2D eigenvalue weighted by molar-refractivity contribution is 5.95. The topological polar surface area (TPSA) is 101 Å². The molecular formula is C33H36F6N6O3. The lowest BCUT2D eigenvalue weighted by molar-refractivity contribution is -0.143. The normalized spacial score (nSPS) is 18.1. The van der Waals surface area contributed by atoms with Gasteiger partial charge in [0.2, 0.25) is 5.95 Å². The molecule has 1 saturated heterocycles. The summed E-state index contributed by atoms with van der Waals surface area (Å²) in [5.74, 6) is -0.429. The molecule has 2 aromatic heterocycles. The first kappa shape index (κ1) is 34.9. The van der Waals surface area contributed by atoms with Gasteiger partial charge in [0.25, 0.3) is 5.91 Å². The van der Waals surface area contributed by atoms with E-state index in [4.69, 9.17) is 4.74 Å². The number of nitrogens with zero attached hydrogens (tertiary/aromatic N) is 5. The lowest BCUT2D eigenvalue weighted by Crippen LogP contribution is -2.46. The molecule has 0 aliphatic carbocycles. The van der Waals surface area contributed by atoms with Gasteiger partial charge in [-0.3, -0.25) is 14.7 Å². The fourth-order valence-electron chi connectivity index (χ4n) is 6.40. The van der Waals surface area contributed by atoms with E-state index in [1.54, 1.807) is 23.6 Å². The monoisotopic (exact) mass is 678 g/mol. The molecule has 2 unspecified atom stereocenters. The minimum atomic E-state index is -5.03. The minimum absolute atomic E-state index is 0.00623. The van der Waals surface area contributed by atoms with Crippen LogP contribution >= 0.6 is 0 Å². The molecule has 15 heteroatoms. The molecule has 1 N–H and O–H groups in total. The summed E-state index contributed by atoms with van der Waals surface area (Å²) in [6, 6.07) is 2.40. The Labute approximate surface area is 273 Å². The smallest absolute Gasteiger partial charge is 0.416 e. The zero-order valence-corrected chi connectivity index (χ0v) is 26.9. The fourth-order valence-corrected chi connectivity index (χ4v) is 6.40. The highest BCUT2D eigenvalue weighted by Gasteiger charge is 2.39. The number of halogens is 6. The highest BCUT2D eigenvalue weighted by Crippen LogP contribution is 2.42. The van der Waals surface area contributed by atoms with Crippen molar-refractivity contribution in [2.45, 2.75) is 84.2 Å². The molecule has 0 bridgehead atoms. The van der Waals surface area contributed by atoms with Crippen molar-refractivity contribution in [2.24, 2.45) is 0 Å². The number of pyridine rings is 1. The molecule has 258 valence electrons. The van der Waals surface area contributed by atoms with E-state index in [9.17, 15) is 35.9 Å². The number of rotatable bonds is 7. The summed E-state index contributed by atoms with van der Waals surface area (Å²) in [5, 5.41) is 3.27. The number of ether oxygens (including phenoxy) is 1. The zero-order valence-electron chi connectivity index (χ0n) is 26.9. The van der Waals surface area contributed by atoms with E-state index in [1.165, 1.54) is 6.20 Å². The predicted molar refractivity (Wildman–Crippen MR) is 165 cm³/mol. The minimum Gasteiger partial charge on any atom is -0.449 e. The van der Waals surface area contributed by atoms with Gasteiger partial charge >= 0.3 is 18.4 Å². The number of hydrogen-bond donors (Lipinski definition) is 1. The predicted octanol–water partition coefficient (Wildman–Crippen LogP) is 7.65. The van der Waals surface area contributed by atoms with Gasteiger partial charge < -0.3 is 15.0 Å². The van der Waals surface area contributed by atoms with Crippen molar-refractivity contribution in [1.29, 1.82) is 0 Å². The van der Waals surface area contributed by atoms with Gasteiger partial charge in [-0.25, -0.2) is 14.8 Å². The average Bonchev–Trinajstić information content (AvgIpc) is 3.55. The van der Waals surface area contributed by atoms with Gasteiger partial charge in [0, 0.05) is 43.0 Å². The summed E-state index contributed by atoms with van der Waals surface area (Å²) in [5.41, 5.74) is -0.676. The summed E-state index contributed by atoms with van der Waals surface area (Å²) in [6.07, 6.45) is -7.31. The standard InChI is InChI=1S/C33H36F6N6O3/c1-5-23-16-27(24-11-18(3)41-19(4)28(24)45(23)31(47)48-6-2)43-30-40-17-25(29(46)44-9-7-8-10-44)26(42-30)14-20-12-21(32(34,35)36)15-22(13-20)33(37,38)39/h11-13,15,17,23,27H,5-10,14,16H2,1-4H3,(H,40,42,43). The quantitative estimate of drug-likeness (QED) is 0.256. The second kappa shape index (κ2) is 13.6. The second-order valence-electron chi connectivity index (χ2n) is 12.0. The van der Waals surface area contributed by atoms with Gasteiger partial charge in [-0.1, -0.05) is 6.92 Å². The number of aromatic nitrogens is 3. The van der Waals surface area contributed by atoms with Crippen LogP contribution < -0.4 is 10.2 Å². The van der Waals surface area contributed by atoms with E-state index in [0.717, 1.165) is 12.8 Å². The molecule has 0 saturated carbocycles. The lowest BCUT2D eigenvalue weighted by atomic mass is 9.89. The van der Waals surface area contributed by atoms with Crippen molar-refractivity contribution in [3.63, 3.8) is 0 Å². The SMILES string of the molecule is CCOC(=O)N1c2c(cc(C)nc2C)C(Nc2ncc(C(=O)N3CCCC3)c(Cc3cc(C(F)(F)F)cc(C(F)(F)F)c3)n2)CC1CC. The van der Waals surface area contributed by atoms with Crippen LogP contribution in [-0.4, -0.2) is 57.6 Å². The first-order valence-electron chi connectivity index (χ1n) is 15.7. The largest absolute Gasteiger partial charge is 0.449 e. The summed E-state index contributed by atoms with van der Waals surface area (Å²) in [4.78, 5) is 43.2. The number of nitrogens with one attached hydrogen (secondary N) is 1. The second-order valence-corrected chi connectivity index (χ2v) is 12.0. The van der Waals surface area contributed by atoms with Crippen LogP contribution in [0, 0.1) is 13.8 Å². The first-order valence-corrected chi connectivity index (χ1v) is 15.7. The molecular weight excluding hydrogens is 642 g/mol. The Kier molecular flexibility index (Phi) is 9.88. The van der Waals surface area contributed by atoms with E-state index >= 15 is 0 Å². The summed E-state index contributed by atoms with van der Waals surface area (Å²) in [7, 11) is 0. The van der Waals surface area contributed by atoms with Gasteiger partial charge in [-0.05, 0) is 76.3 Å². The number of anilines is 2. The van der Waals surface area contributed by atoms with Gasteiger partial charge in [0.1, 0.15) is 0 Å². The lowest BCUT2D eigenvalue weighted by Gasteiger charge is -2.40.